The van der Waals surface area contributed by atoms with E-state index in [4.69, 9.17) is 0 Å². The lowest BCUT2D eigenvalue weighted by molar-refractivity contribution is -0.138. The predicted octanol–water partition coefficient (Wildman–Crippen LogP) is 3.25. The first-order valence-electron chi connectivity index (χ1n) is 5.50. The topological polar surface area (TPSA) is 63.1 Å². The minimum Gasteiger partial charge on any atom is -0.481 e. The number of halogens is 2. The van der Waals surface area contributed by atoms with Gasteiger partial charge >= 0.3 is 5.97 Å². The van der Waals surface area contributed by atoms with Crippen LogP contribution in [0.3, 0.4) is 0 Å². The van der Waals surface area contributed by atoms with E-state index >= 15 is 0 Å². The second kappa shape index (κ2) is 6.42. The van der Waals surface area contributed by atoms with E-state index in [0.717, 1.165) is 13.6 Å². The maximum Gasteiger partial charge on any atom is 0.312 e. The van der Waals surface area contributed by atoms with E-state index in [1.54, 1.807) is 6.20 Å². The Morgan fingerprint density at radius 1 is 1.47 bits per heavy atom. The Labute approximate surface area is 132 Å². The highest BCUT2D eigenvalue weighted by molar-refractivity contribution is 14.1. The maximum atomic E-state index is 11.5. The van der Waals surface area contributed by atoms with E-state index in [1.807, 2.05) is 24.3 Å². The fourth-order valence-electron chi connectivity index (χ4n) is 1.78. The van der Waals surface area contributed by atoms with E-state index < -0.39 is 11.9 Å². The molecule has 0 fully saturated rings. The van der Waals surface area contributed by atoms with Gasteiger partial charge in [0.05, 0.1) is 9.26 Å². The summed E-state index contributed by atoms with van der Waals surface area (Å²) in [6.45, 7) is 0. The third kappa shape index (κ3) is 3.73. The highest BCUT2D eigenvalue weighted by atomic mass is 127. The molecule has 1 heterocycles. The number of nitrogens with zero attached hydrogens (tertiary/aromatic N) is 2. The summed E-state index contributed by atoms with van der Waals surface area (Å²) in [4.78, 5) is 19.5. The van der Waals surface area contributed by atoms with Crippen molar-refractivity contribution in [1.82, 2.24) is 9.97 Å². The molecule has 0 aliphatic carbocycles. The molecule has 0 saturated carbocycles. The highest BCUT2D eigenvalue weighted by Crippen LogP contribution is 2.24. The SMILES string of the molecule is O=C(O)C(Cc1cccc(Br)c1)c1ncncc1I. The Kier molecular flexibility index (Phi) is 4.87. The fraction of sp³-hybridized carbons (Fsp3) is 0.154. The molecule has 1 aromatic carbocycles. The average molecular weight is 433 g/mol. The molecular formula is C13H10BrIN2O2. The Morgan fingerprint density at radius 2 is 2.26 bits per heavy atom. The number of aliphatic carboxylic acids is 1. The number of rotatable bonds is 4. The molecule has 1 aromatic heterocycles. The average Bonchev–Trinajstić information content (AvgIpc) is 2.37. The Bertz CT molecular complexity index is 607. The summed E-state index contributed by atoms with van der Waals surface area (Å²) in [5.74, 6) is -1.54. The van der Waals surface area contributed by atoms with Crippen molar-refractivity contribution < 1.29 is 9.90 Å². The number of benzene rings is 1. The Hall–Kier alpha value is -1.02. The van der Waals surface area contributed by atoms with Crippen LogP contribution in [0.5, 0.6) is 0 Å². The van der Waals surface area contributed by atoms with Crippen LogP contribution in [0, 0.1) is 3.57 Å². The van der Waals surface area contributed by atoms with Gasteiger partial charge in [0.25, 0.3) is 0 Å². The van der Waals surface area contributed by atoms with Crippen molar-refractivity contribution in [1.29, 1.82) is 0 Å². The van der Waals surface area contributed by atoms with Gasteiger partial charge in [-0.1, -0.05) is 28.1 Å². The van der Waals surface area contributed by atoms with E-state index in [1.165, 1.54) is 6.33 Å². The van der Waals surface area contributed by atoms with Gasteiger partial charge in [-0.05, 0) is 46.7 Å². The molecule has 1 atom stereocenters. The monoisotopic (exact) mass is 432 g/mol. The summed E-state index contributed by atoms with van der Waals surface area (Å²) < 4.78 is 1.70. The molecular weight excluding hydrogens is 423 g/mol. The fourth-order valence-corrected chi connectivity index (χ4v) is 2.90. The third-order valence-electron chi connectivity index (χ3n) is 2.65. The van der Waals surface area contributed by atoms with E-state index in [2.05, 4.69) is 48.5 Å². The summed E-state index contributed by atoms with van der Waals surface area (Å²) in [6, 6.07) is 7.63. The zero-order chi connectivity index (χ0) is 13.8. The van der Waals surface area contributed by atoms with Crippen LogP contribution < -0.4 is 0 Å². The van der Waals surface area contributed by atoms with Crippen molar-refractivity contribution in [3.8, 4) is 0 Å². The van der Waals surface area contributed by atoms with Gasteiger partial charge in [-0.2, -0.15) is 0 Å². The molecule has 19 heavy (non-hydrogen) atoms. The van der Waals surface area contributed by atoms with Gasteiger partial charge in [0.2, 0.25) is 0 Å². The lowest BCUT2D eigenvalue weighted by Crippen LogP contribution is -2.17. The minimum atomic E-state index is -0.878. The quantitative estimate of drug-likeness (QED) is 0.753. The van der Waals surface area contributed by atoms with Crippen LogP contribution in [-0.4, -0.2) is 21.0 Å². The number of carbonyl (C=O) groups is 1. The molecule has 0 amide bonds. The first kappa shape index (κ1) is 14.4. The van der Waals surface area contributed by atoms with Gasteiger partial charge in [-0.25, -0.2) is 9.97 Å². The molecule has 0 radical (unpaired) electrons. The minimum absolute atomic E-state index is 0.405. The molecule has 0 saturated heterocycles. The van der Waals surface area contributed by atoms with Crippen molar-refractivity contribution >= 4 is 44.5 Å². The zero-order valence-corrected chi connectivity index (χ0v) is 13.5. The largest absolute Gasteiger partial charge is 0.481 e. The van der Waals surface area contributed by atoms with Crippen LogP contribution in [0.4, 0.5) is 0 Å². The molecule has 2 rings (SSSR count). The summed E-state index contributed by atoms with van der Waals surface area (Å²) in [5.41, 5.74) is 1.51. The van der Waals surface area contributed by atoms with Crippen molar-refractivity contribution in [3.63, 3.8) is 0 Å². The lowest BCUT2D eigenvalue weighted by Gasteiger charge is -2.13. The number of hydrogen-bond acceptors (Lipinski definition) is 3. The van der Waals surface area contributed by atoms with E-state index in [0.29, 0.717) is 12.1 Å². The number of hydrogen-bond donors (Lipinski definition) is 1. The van der Waals surface area contributed by atoms with Gasteiger partial charge in [-0.3, -0.25) is 4.79 Å². The first-order valence-corrected chi connectivity index (χ1v) is 7.37. The normalized spacial score (nSPS) is 12.1. The Balaban J connectivity index is 2.32. The van der Waals surface area contributed by atoms with Crippen molar-refractivity contribution in [2.75, 3.05) is 0 Å². The molecule has 2 aromatic rings. The summed E-state index contributed by atoms with van der Waals surface area (Å²) in [6.07, 6.45) is 3.41. The molecule has 4 nitrogen and oxygen atoms in total. The standard InChI is InChI=1S/C13H10BrIN2O2/c14-9-3-1-2-8(4-9)5-10(13(18)19)12-11(15)6-16-7-17-12/h1-4,6-7,10H,5H2,(H,18,19). The van der Waals surface area contributed by atoms with Crippen LogP contribution in [0.2, 0.25) is 0 Å². The zero-order valence-electron chi connectivity index (χ0n) is 9.75. The van der Waals surface area contributed by atoms with Gasteiger partial charge < -0.3 is 5.11 Å². The number of carboxylic acids is 1. The third-order valence-corrected chi connectivity index (χ3v) is 3.98. The lowest BCUT2D eigenvalue weighted by atomic mass is 9.96. The summed E-state index contributed by atoms with van der Waals surface area (Å²) in [5, 5.41) is 9.41. The summed E-state index contributed by atoms with van der Waals surface area (Å²) in [7, 11) is 0. The molecule has 1 N–H and O–H groups in total. The molecule has 6 heteroatoms. The van der Waals surface area contributed by atoms with E-state index in [9.17, 15) is 9.90 Å². The van der Waals surface area contributed by atoms with Crippen molar-refractivity contribution in [2.45, 2.75) is 12.3 Å². The van der Waals surface area contributed by atoms with Gasteiger partial charge in [0, 0.05) is 10.7 Å². The molecule has 98 valence electrons. The van der Waals surface area contributed by atoms with Gasteiger partial charge in [0.1, 0.15) is 12.2 Å². The smallest absolute Gasteiger partial charge is 0.312 e. The van der Waals surface area contributed by atoms with Gasteiger partial charge in [-0.15, -0.1) is 0 Å². The van der Waals surface area contributed by atoms with Gasteiger partial charge in [0.15, 0.2) is 0 Å². The molecule has 0 aliphatic heterocycles. The predicted molar refractivity (Wildman–Crippen MR) is 83.0 cm³/mol. The second-order valence-electron chi connectivity index (χ2n) is 3.98. The number of aromatic nitrogens is 2. The molecule has 1 unspecified atom stereocenters. The van der Waals surface area contributed by atoms with Crippen LogP contribution in [-0.2, 0) is 11.2 Å². The van der Waals surface area contributed by atoms with Crippen LogP contribution in [0.25, 0.3) is 0 Å². The van der Waals surface area contributed by atoms with Crippen molar-refractivity contribution in [2.24, 2.45) is 0 Å². The Morgan fingerprint density at radius 3 is 2.89 bits per heavy atom. The first-order chi connectivity index (χ1) is 9.08. The molecule has 0 bridgehead atoms. The highest BCUT2D eigenvalue weighted by Gasteiger charge is 2.24. The van der Waals surface area contributed by atoms with Crippen LogP contribution >= 0.6 is 38.5 Å². The summed E-state index contributed by atoms with van der Waals surface area (Å²) >= 11 is 5.45. The second-order valence-corrected chi connectivity index (χ2v) is 6.06. The maximum absolute atomic E-state index is 11.5. The molecule has 0 spiro atoms. The number of carboxylic acid groups (broad SMARTS) is 1. The van der Waals surface area contributed by atoms with Crippen LogP contribution in [0.1, 0.15) is 17.2 Å². The van der Waals surface area contributed by atoms with Crippen molar-refractivity contribution in [3.05, 3.63) is 56.1 Å². The van der Waals surface area contributed by atoms with E-state index in [-0.39, 0.29) is 0 Å². The van der Waals surface area contributed by atoms with Crippen LogP contribution in [0.15, 0.2) is 41.3 Å². The molecule has 0 aliphatic rings.